The summed E-state index contributed by atoms with van der Waals surface area (Å²) in [5.41, 5.74) is 1.58. The standard InChI is InChI=1S/C16H12Cl2N2O/c17-12-5-6-14(13(18)9-12)19-16(21)10-20-8-7-11-3-1-2-4-15(11)20/h1-9H,10H2,(H,19,21). The van der Waals surface area contributed by atoms with E-state index < -0.39 is 0 Å². The van der Waals surface area contributed by atoms with E-state index in [2.05, 4.69) is 5.32 Å². The van der Waals surface area contributed by atoms with Crippen LogP contribution < -0.4 is 5.32 Å². The topological polar surface area (TPSA) is 34.0 Å². The molecule has 0 radical (unpaired) electrons. The number of fused-ring (bicyclic) bond motifs is 1. The van der Waals surface area contributed by atoms with Crippen LogP contribution in [-0.2, 0) is 11.3 Å². The quantitative estimate of drug-likeness (QED) is 0.753. The highest BCUT2D eigenvalue weighted by molar-refractivity contribution is 6.36. The smallest absolute Gasteiger partial charge is 0.244 e. The number of carbonyl (C=O) groups excluding carboxylic acids is 1. The molecule has 0 aliphatic heterocycles. The minimum atomic E-state index is -0.138. The third kappa shape index (κ3) is 3.04. The fourth-order valence-electron chi connectivity index (χ4n) is 2.21. The van der Waals surface area contributed by atoms with Crippen molar-refractivity contribution >= 4 is 45.7 Å². The number of carbonyl (C=O) groups is 1. The molecule has 1 N–H and O–H groups in total. The van der Waals surface area contributed by atoms with Gasteiger partial charge in [-0.2, -0.15) is 0 Å². The Morgan fingerprint density at radius 3 is 2.71 bits per heavy atom. The van der Waals surface area contributed by atoms with E-state index in [-0.39, 0.29) is 12.5 Å². The molecule has 0 aliphatic rings. The molecule has 1 amide bonds. The van der Waals surface area contributed by atoms with Gasteiger partial charge in [-0.15, -0.1) is 0 Å². The number of amides is 1. The van der Waals surface area contributed by atoms with Gasteiger partial charge >= 0.3 is 0 Å². The van der Waals surface area contributed by atoms with Crippen LogP contribution in [0.3, 0.4) is 0 Å². The first-order chi connectivity index (χ1) is 10.1. The van der Waals surface area contributed by atoms with E-state index in [1.54, 1.807) is 18.2 Å². The van der Waals surface area contributed by atoms with Gasteiger partial charge in [0.25, 0.3) is 0 Å². The molecular formula is C16H12Cl2N2O. The van der Waals surface area contributed by atoms with Crippen molar-refractivity contribution in [3.8, 4) is 0 Å². The van der Waals surface area contributed by atoms with Crippen LogP contribution in [0, 0.1) is 0 Å². The van der Waals surface area contributed by atoms with E-state index in [4.69, 9.17) is 23.2 Å². The molecule has 0 aliphatic carbocycles. The summed E-state index contributed by atoms with van der Waals surface area (Å²) in [6, 6.07) is 14.9. The molecule has 0 atom stereocenters. The number of hydrogen-bond acceptors (Lipinski definition) is 1. The van der Waals surface area contributed by atoms with Crippen molar-refractivity contribution in [1.82, 2.24) is 4.57 Å². The van der Waals surface area contributed by atoms with Gasteiger partial charge in [-0.3, -0.25) is 4.79 Å². The van der Waals surface area contributed by atoms with Crippen LogP contribution in [0.25, 0.3) is 10.9 Å². The third-order valence-corrected chi connectivity index (χ3v) is 3.75. The van der Waals surface area contributed by atoms with E-state index in [9.17, 15) is 4.79 Å². The number of hydrogen-bond donors (Lipinski definition) is 1. The lowest BCUT2D eigenvalue weighted by Crippen LogP contribution is -2.18. The van der Waals surface area contributed by atoms with Gasteiger partial charge in [-0.05, 0) is 35.7 Å². The lowest BCUT2D eigenvalue weighted by molar-refractivity contribution is -0.116. The lowest BCUT2D eigenvalue weighted by Gasteiger charge is -2.09. The van der Waals surface area contributed by atoms with E-state index in [0.717, 1.165) is 10.9 Å². The highest BCUT2D eigenvalue weighted by Crippen LogP contribution is 2.25. The Morgan fingerprint density at radius 2 is 1.90 bits per heavy atom. The summed E-state index contributed by atoms with van der Waals surface area (Å²) in [6.07, 6.45) is 1.90. The summed E-state index contributed by atoms with van der Waals surface area (Å²) in [5.74, 6) is -0.138. The second-order valence-electron chi connectivity index (χ2n) is 4.67. The van der Waals surface area contributed by atoms with Gasteiger partial charge in [0.05, 0.1) is 10.7 Å². The molecule has 0 saturated heterocycles. The van der Waals surface area contributed by atoms with Crippen LogP contribution in [-0.4, -0.2) is 10.5 Å². The molecule has 0 fully saturated rings. The molecule has 106 valence electrons. The first kappa shape index (κ1) is 14.0. The van der Waals surface area contributed by atoms with Gasteiger partial charge in [-0.25, -0.2) is 0 Å². The molecule has 0 saturated carbocycles. The largest absolute Gasteiger partial charge is 0.338 e. The van der Waals surface area contributed by atoms with Crippen molar-refractivity contribution in [2.45, 2.75) is 6.54 Å². The average Bonchev–Trinajstić information content (AvgIpc) is 2.85. The Morgan fingerprint density at radius 1 is 1.10 bits per heavy atom. The SMILES string of the molecule is O=C(Cn1ccc2ccccc21)Nc1ccc(Cl)cc1Cl. The van der Waals surface area contributed by atoms with Crippen LogP contribution in [0.15, 0.2) is 54.7 Å². The zero-order valence-corrected chi connectivity index (χ0v) is 12.5. The van der Waals surface area contributed by atoms with E-state index in [0.29, 0.717) is 15.7 Å². The van der Waals surface area contributed by atoms with Crippen LogP contribution in [0.5, 0.6) is 0 Å². The van der Waals surface area contributed by atoms with E-state index >= 15 is 0 Å². The van der Waals surface area contributed by atoms with Crippen molar-refractivity contribution in [2.24, 2.45) is 0 Å². The fraction of sp³-hybridized carbons (Fsp3) is 0.0625. The van der Waals surface area contributed by atoms with Gasteiger partial charge in [0, 0.05) is 16.7 Å². The number of aromatic nitrogens is 1. The molecular weight excluding hydrogens is 307 g/mol. The summed E-state index contributed by atoms with van der Waals surface area (Å²) >= 11 is 11.9. The maximum absolute atomic E-state index is 12.1. The molecule has 3 nitrogen and oxygen atoms in total. The highest BCUT2D eigenvalue weighted by atomic mass is 35.5. The number of halogens is 2. The number of benzene rings is 2. The van der Waals surface area contributed by atoms with Gasteiger partial charge < -0.3 is 9.88 Å². The first-order valence-electron chi connectivity index (χ1n) is 6.42. The van der Waals surface area contributed by atoms with Crippen molar-refractivity contribution in [3.63, 3.8) is 0 Å². The average molecular weight is 319 g/mol. The molecule has 3 aromatic rings. The number of rotatable bonds is 3. The summed E-state index contributed by atoms with van der Waals surface area (Å²) in [5, 5.41) is 4.86. The fourth-order valence-corrected chi connectivity index (χ4v) is 2.67. The second-order valence-corrected chi connectivity index (χ2v) is 5.52. The van der Waals surface area contributed by atoms with Crippen molar-refractivity contribution < 1.29 is 4.79 Å². The molecule has 1 aromatic heterocycles. The molecule has 0 bridgehead atoms. The first-order valence-corrected chi connectivity index (χ1v) is 7.18. The molecule has 1 heterocycles. The molecule has 21 heavy (non-hydrogen) atoms. The number of anilines is 1. The van der Waals surface area contributed by atoms with Crippen molar-refractivity contribution in [2.75, 3.05) is 5.32 Å². The molecule has 0 spiro atoms. The van der Waals surface area contributed by atoms with E-state index in [1.165, 1.54) is 0 Å². The summed E-state index contributed by atoms with van der Waals surface area (Å²) in [6.45, 7) is 0.229. The third-order valence-electron chi connectivity index (χ3n) is 3.20. The predicted octanol–water partition coefficient (Wildman–Crippen LogP) is 4.59. The molecule has 2 aromatic carbocycles. The van der Waals surface area contributed by atoms with Crippen LogP contribution >= 0.6 is 23.2 Å². The highest BCUT2D eigenvalue weighted by Gasteiger charge is 2.08. The zero-order chi connectivity index (χ0) is 14.8. The zero-order valence-electron chi connectivity index (χ0n) is 11.0. The second kappa shape index (κ2) is 5.80. The van der Waals surface area contributed by atoms with Crippen molar-refractivity contribution in [3.05, 3.63) is 64.8 Å². The lowest BCUT2D eigenvalue weighted by atomic mass is 10.2. The maximum Gasteiger partial charge on any atom is 0.244 e. The summed E-state index contributed by atoms with van der Waals surface area (Å²) in [4.78, 5) is 12.1. The van der Waals surface area contributed by atoms with Crippen molar-refractivity contribution in [1.29, 1.82) is 0 Å². The minimum absolute atomic E-state index is 0.138. The monoisotopic (exact) mass is 318 g/mol. The van der Waals surface area contributed by atoms with Crippen LogP contribution in [0.4, 0.5) is 5.69 Å². The Hall–Kier alpha value is -1.97. The Bertz CT molecular complexity index is 811. The van der Waals surface area contributed by atoms with E-state index in [1.807, 2.05) is 41.1 Å². The predicted molar refractivity (Wildman–Crippen MR) is 87.0 cm³/mol. The molecule has 3 rings (SSSR count). The van der Waals surface area contributed by atoms with Crippen LogP contribution in [0.1, 0.15) is 0 Å². The number of nitrogens with zero attached hydrogens (tertiary/aromatic N) is 1. The van der Waals surface area contributed by atoms with Crippen LogP contribution in [0.2, 0.25) is 10.0 Å². The Kier molecular flexibility index (Phi) is 3.86. The van der Waals surface area contributed by atoms with Gasteiger partial charge in [0.1, 0.15) is 6.54 Å². The molecule has 0 unspecified atom stereocenters. The molecule has 5 heteroatoms. The Labute approximate surface area is 132 Å². The van der Waals surface area contributed by atoms with Gasteiger partial charge in [-0.1, -0.05) is 41.4 Å². The van der Waals surface area contributed by atoms with Gasteiger partial charge in [0.2, 0.25) is 5.91 Å². The maximum atomic E-state index is 12.1. The number of nitrogens with one attached hydrogen (secondary N) is 1. The van der Waals surface area contributed by atoms with Gasteiger partial charge in [0.15, 0.2) is 0 Å². The Balaban J connectivity index is 1.77. The normalized spacial score (nSPS) is 10.8. The minimum Gasteiger partial charge on any atom is -0.338 e. The number of para-hydroxylation sites is 1. The summed E-state index contributed by atoms with van der Waals surface area (Å²) in [7, 11) is 0. The summed E-state index contributed by atoms with van der Waals surface area (Å²) < 4.78 is 1.90.